The van der Waals surface area contributed by atoms with E-state index >= 15 is 0 Å². The average molecular weight is 424 g/mol. The van der Waals surface area contributed by atoms with Gasteiger partial charge in [-0.15, -0.1) is 0 Å². The van der Waals surface area contributed by atoms with E-state index in [0.717, 1.165) is 11.1 Å². The van der Waals surface area contributed by atoms with Crippen molar-refractivity contribution in [1.29, 1.82) is 0 Å². The molecule has 4 aromatic carbocycles. The highest BCUT2D eigenvalue weighted by atomic mass is 32.2. The molecule has 31 heavy (non-hydrogen) atoms. The predicted molar refractivity (Wildman–Crippen MR) is 130 cm³/mol. The molecule has 0 fully saturated rings. The van der Waals surface area contributed by atoms with Gasteiger partial charge in [-0.3, -0.25) is 4.79 Å². The van der Waals surface area contributed by atoms with Crippen LogP contribution in [0.3, 0.4) is 0 Å². The number of rotatable bonds is 5. The van der Waals surface area contributed by atoms with Gasteiger partial charge in [-0.05, 0) is 59.5 Å². The summed E-state index contributed by atoms with van der Waals surface area (Å²) in [5, 5.41) is 0. The Bertz CT molecular complexity index is 1100. The summed E-state index contributed by atoms with van der Waals surface area (Å²) in [5.41, 5.74) is 2.76. The molecule has 0 heterocycles. The Morgan fingerprint density at radius 1 is 0.548 bits per heavy atom. The summed E-state index contributed by atoms with van der Waals surface area (Å²) in [5.74, 6) is 0.0614. The van der Waals surface area contributed by atoms with Crippen LogP contribution >= 0.6 is 0 Å². The van der Waals surface area contributed by atoms with Crippen molar-refractivity contribution in [3.63, 3.8) is 0 Å². The van der Waals surface area contributed by atoms with Gasteiger partial charge in [0.15, 0.2) is 20.5 Å². The third kappa shape index (κ3) is 4.81. The fourth-order valence-electron chi connectivity index (χ4n) is 3.55. The van der Waals surface area contributed by atoms with Crippen LogP contribution in [0.1, 0.15) is 42.3 Å². The smallest absolute Gasteiger partial charge is 0.193 e. The first kappa shape index (κ1) is 21.1. The molecule has 0 saturated heterocycles. The summed E-state index contributed by atoms with van der Waals surface area (Å²) in [4.78, 5) is 16.8. The molecule has 0 aliphatic heterocycles. The lowest BCUT2D eigenvalue weighted by atomic mass is 9.86. The normalized spacial score (nSPS) is 11.5. The fourth-order valence-corrected chi connectivity index (χ4v) is 5.64. The van der Waals surface area contributed by atoms with Crippen LogP contribution in [0.25, 0.3) is 0 Å². The molecule has 4 rings (SSSR count). The van der Waals surface area contributed by atoms with E-state index in [1.807, 2.05) is 36.4 Å². The van der Waals surface area contributed by atoms with Crippen LogP contribution in [0.4, 0.5) is 0 Å². The van der Waals surface area contributed by atoms with Gasteiger partial charge >= 0.3 is 0 Å². The maximum atomic E-state index is 13.0. The molecule has 4 aromatic rings. The minimum absolute atomic E-state index is 0.0614. The SMILES string of the molecule is CC(C)(C)c1ccc(C(=O)c2ccc([S+](c3ccccc3)c3ccccc3)cc2)cc1. The van der Waals surface area contributed by atoms with E-state index in [0.29, 0.717) is 0 Å². The van der Waals surface area contributed by atoms with E-state index in [4.69, 9.17) is 0 Å². The molecular formula is C29H27OS+. The molecule has 0 spiro atoms. The molecule has 0 amide bonds. The van der Waals surface area contributed by atoms with Crippen molar-refractivity contribution < 1.29 is 4.79 Å². The van der Waals surface area contributed by atoms with Gasteiger partial charge in [0, 0.05) is 11.1 Å². The molecule has 0 aliphatic rings. The van der Waals surface area contributed by atoms with E-state index in [1.165, 1.54) is 20.2 Å². The van der Waals surface area contributed by atoms with Crippen LogP contribution in [-0.4, -0.2) is 5.78 Å². The predicted octanol–water partition coefficient (Wildman–Crippen LogP) is 7.31. The van der Waals surface area contributed by atoms with Gasteiger partial charge in [-0.25, -0.2) is 0 Å². The fraction of sp³-hybridized carbons (Fsp3) is 0.138. The number of carbonyl (C=O) groups excluding carboxylic acids is 1. The monoisotopic (exact) mass is 423 g/mol. The number of carbonyl (C=O) groups is 1. The van der Waals surface area contributed by atoms with Gasteiger partial charge in [0.2, 0.25) is 0 Å². The van der Waals surface area contributed by atoms with Crippen molar-refractivity contribution in [2.45, 2.75) is 40.9 Å². The highest BCUT2D eigenvalue weighted by Crippen LogP contribution is 2.31. The zero-order valence-electron chi connectivity index (χ0n) is 18.2. The van der Waals surface area contributed by atoms with Gasteiger partial charge in [0.1, 0.15) is 0 Å². The summed E-state index contributed by atoms with van der Waals surface area (Å²) in [6, 6.07) is 37.2. The topological polar surface area (TPSA) is 17.1 Å². The number of ketones is 1. The highest BCUT2D eigenvalue weighted by molar-refractivity contribution is 7.97. The molecule has 0 unspecified atom stereocenters. The zero-order valence-corrected chi connectivity index (χ0v) is 19.0. The first-order valence-electron chi connectivity index (χ1n) is 10.5. The Hall–Kier alpha value is -3.10. The number of hydrogen-bond donors (Lipinski definition) is 0. The standard InChI is InChI=1S/C29H27OS/c1-29(2,3)24-18-14-22(15-19-24)28(30)23-16-20-27(21-17-23)31(25-10-6-4-7-11-25)26-12-8-5-9-13-26/h4-21H,1-3H3/q+1. The van der Waals surface area contributed by atoms with Gasteiger partial charge in [0.05, 0.1) is 10.9 Å². The third-order valence-electron chi connectivity index (χ3n) is 5.32. The quantitative estimate of drug-likeness (QED) is 0.243. The maximum absolute atomic E-state index is 13.0. The minimum atomic E-state index is -0.205. The highest BCUT2D eigenvalue weighted by Gasteiger charge is 2.28. The Labute approximate surface area is 188 Å². The molecule has 1 nitrogen and oxygen atoms in total. The Morgan fingerprint density at radius 2 is 0.935 bits per heavy atom. The van der Waals surface area contributed by atoms with E-state index < -0.39 is 0 Å². The molecule has 0 bridgehead atoms. The van der Waals surface area contributed by atoms with Gasteiger partial charge in [-0.1, -0.05) is 81.4 Å². The first-order chi connectivity index (χ1) is 14.9. The van der Waals surface area contributed by atoms with Crippen LogP contribution in [-0.2, 0) is 16.3 Å². The lowest BCUT2D eigenvalue weighted by Gasteiger charge is -2.19. The summed E-state index contributed by atoms with van der Waals surface area (Å²) < 4.78 is 0. The van der Waals surface area contributed by atoms with Crippen molar-refractivity contribution >= 4 is 16.7 Å². The molecule has 0 aliphatic carbocycles. The zero-order chi connectivity index (χ0) is 21.8. The van der Waals surface area contributed by atoms with Gasteiger partial charge < -0.3 is 0 Å². The van der Waals surface area contributed by atoms with Crippen molar-refractivity contribution in [3.05, 3.63) is 126 Å². The molecule has 0 radical (unpaired) electrons. The second-order valence-electron chi connectivity index (χ2n) is 8.61. The van der Waals surface area contributed by atoms with Crippen molar-refractivity contribution in [2.75, 3.05) is 0 Å². The molecule has 2 heteroatoms. The van der Waals surface area contributed by atoms with Crippen LogP contribution in [0.2, 0.25) is 0 Å². The first-order valence-corrected chi connectivity index (χ1v) is 11.8. The van der Waals surface area contributed by atoms with E-state index in [2.05, 4.69) is 93.6 Å². The number of hydrogen-bond acceptors (Lipinski definition) is 1. The van der Waals surface area contributed by atoms with Crippen LogP contribution < -0.4 is 0 Å². The van der Waals surface area contributed by atoms with Crippen LogP contribution in [0.5, 0.6) is 0 Å². The summed E-state index contributed by atoms with van der Waals surface area (Å²) in [7, 11) is -0.205. The Kier molecular flexibility index (Phi) is 6.11. The third-order valence-corrected chi connectivity index (χ3v) is 7.55. The Morgan fingerprint density at radius 3 is 1.35 bits per heavy atom. The second kappa shape index (κ2) is 8.95. The minimum Gasteiger partial charge on any atom is -0.289 e. The molecule has 154 valence electrons. The van der Waals surface area contributed by atoms with Crippen molar-refractivity contribution in [1.82, 2.24) is 0 Å². The second-order valence-corrected chi connectivity index (χ2v) is 10.6. The van der Waals surface area contributed by atoms with E-state index in [-0.39, 0.29) is 22.1 Å². The Balaban J connectivity index is 1.64. The largest absolute Gasteiger partial charge is 0.289 e. The summed E-state index contributed by atoms with van der Waals surface area (Å²) >= 11 is 0. The lowest BCUT2D eigenvalue weighted by molar-refractivity contribution is 0.103. The molecule has 0 N–H and O–H groups in total. The molecule has 0 saturated carbocycles. The van der Waals surface area contributed by atoms with E-state index in [1.54, 1.807) is 0 Å². The van der Waals surface area contributed by atoms with Gasteiger partial charge in [0.25, 0.3) is 0 Å². The van der Waals surface area contributed by atoms with Crippen molar-refractivity contribution in [2.24, 2.45) is 0 Å². The van der Waals surface area contributed by atoms with E-state index in [9.17, 15) is 4.79 Å². The molecular weight excluding hydrogens is 396 g/mol. The van der Waals surface area contributed by atoms with Gasteiger partial charge in [-0.2, -0.15) is 0 Å². The van der Waals surface area contributed by atoms with Crippen LogP contribution in [0, 0.1) is 0 Å². The average Bonchev–Trinajstić information content (AvgIpc) is 2.80. The van der Waals surface area contributed by atoms with Crippen LogP contribution in [0.15, 0.2) is 124 Å². The molecule has 0 aromatic heterocycles. The maximum Gasteiger partial charge on any atom is 0.193 e. The molecule has 0 atom stereocenters. The van der Waals surface area contributed by atoms with Crippen molar-refractivity contribution in [3.8, 4) is 0 Å². The lowest BCUT2D eigenvalue weighted by Crippen LogP contribution is -2.11. The summed E-state index contributed by atoms with van der Waals surface area (Å²) in [6.07, 6.45) is 0. The number of benzene rings is 4. The summed E-state index contributed by atoms with van der Waals surface area (Å²) in [6.45, 7) is 6.54.